The van der Waals surface area contributed by atoms with Crippen LogP contribution in [0.5, 0.6) is 0 Å². The molecule has 0 aromatic carbocycles. The van der Waals surface area contributed by atoms with Crippen molar-refractivity contribution in [2.75, 3.05) is 6.54 Å². The summed E-state index contributed by atoms with van der Waals surface area (Å²) in [7, 11) is 1.81. The Morgan fingerprint density at radius 3 is 2.82 bits per heavy atom. The summed E-state index contributed by atoms with van der Waals surface area (Å²) in [6.07, 6.45) is 5.60. The summed E-state index contributed by atoms with van der Waals surface area (Å²) in [4.78, 5) is 16.5. The van der Waals surface area contributed by atoms with E-state index in [0.29, 0.717) is 18.2 Å². The predicted molar refractivity (Wildman–Crippen MR) is 85.9 cm³/mol. The molecule has 6 nitrogen and oxygen atoms in total. The number of aromatic nitrogens is 4. The fourth-order valence-electron chi connectivity index (χ4n) is 2.38. The predicted octanol–water partition coefficient (Wildman–Crippen LogP) is 2.12. The molecule has 2 aromatic rings. The zero-order valence-electron chi connectivity index (χ0n) is 13.8. The molecule has 0 atom stereocenters. The minimum Gasteiger partial charge on any atom is -0.351 e. The monoisotopic (exact) mass is 303 g/mol. The van der Waals surface area contributed by atoms with E-state index in [9.17, 15) is 4.79 Å². The summed E-state index contributed by atoms with van der Waals surface area (Å²) in [6.45, 7) is 7.74. The van der Waals surface area contributed by atoms with Crippen molar-refractivity contribution < 1.29 is 4.79 Å². The van der Waals surface area contributed by atoms with Crippen LogP contribution in [-0.2, 0) is 20.0 Å². The molecule has 0 fully saturated rings. The molecule has 0 aliphatic carbocycles. The first kappa shape index (κ1) is 16.3. The maximum atomic E-state index is 12.2. The Morgan fingerprint density at radius 2 is 2.18 bits per heavy atom. The minimum atomic E-state index is -0.0664. The lowest BCUT2D eigenvalue weighted by molar-refractivity contribution is 0.0943. The molecule has 0 radical (unpaired) electrons. The molecule has 0 spiro atoms. The third-order valence-corrected chi connectivity index (χ3v) is 3.70. The molecule has 2 heterocycles. The van der Waals surface area contributed by atoms with Gasteiger partial charge in [-0.3, -0.25) is 9.48 Å². The highest BCUT2D eigenvalue weighted by atomic mass is 16.2. The van der Waals surface area contributed by atoms with Crippen molar-refractivity contribution in [2.24, 2.45) is 7.05 Å². The van der Waals surface area contributed by atoms with Crippen LogP contribution in [0.1, 0.15) is 55.1 Å². The number of aryl methyl sites for hydroxylation is 3. The number of hydrogen-bond acceptors (Lipinski definition) is 3. The Labute approximate surface area is 131 Å². The Bertz CT molecular complexity index is 626. The third-order valence-electron chi connectivity index (χ3n) is 3.70. The Kier molecular flexibility index (Phi) is 5.35. The largest absolute Gasteiger partial charge is 0.351 e. The van der Waals surface area contributed by atoms with Crippen molar-refractivity contribution in [1.82, 2.24) is 24.6 Å². The molecule has 0 aliphatic heterocycles. The Morgan fingerprint density at radius 1 is 1.41 bits per heavy atom. The number of rotatable bonds is 7. The number of imidazole rings is 1. The highest BCUT2D eigenvalue weighted by molar-refractivity contribution is 5.92. The van der Waals surface area contributed by atoms with Gasteiger partial charge in [0.2, 0.25) is 0 Å². The Balaban J connectivity index is 1.83. The van der Waals surface area contributed by atoms with Gasteiger partial charge < -0.3 is 9.88 Å². The van der Waals surface area contributed by atoms with Crippen molar-refractivity contribution in [3.63, 3.8) is 0 Å². The van der Waals surface area contributed by atoms with E-state index < -0.39 is 0 Å². The van der Waals surface area contributed by atoms with Gasteiger partial charge in [-0.2, -0.15) is 5.10 Å². The number of hydrogen-bond donors (Lipinski definition) is 1. The average Bonchev–Trinajstić information content (AvgIpc) is 3.09. The zero-order chi connectivity index (χ0) is 16.1. The number of nitrogens with zero attached hydrogens (tertiary/aromatic N) is 4. The SMILES string of the molecule is CCc1nccn1CCCNC(=O)c1cc(C(C)C)nn1C. The van der Waals surface area contributed by atoms with Crippen LogP contribution in [0.3, 0.4) is 0 Å². The number of carbonyl (C=O) groups is 1. The molecule has 0 unspecified atom stereocenters. The first-order valence-electron chi connectivity index (χ1n) is 7.85. The topological polar surface area (TPSA) is 64.7 Å². The first-order chi connectivity index (χ1) is 10.5. The van der Waals surface area contributed by atoms with Gasteiger partial charge in [0.15, 0.2) is 0 Å². The van der Waals surface area contributed by atoms with Crippen LogP contribution in [0, 0.1) is 0 Å². The molecule has 0 aliphatic rings. The van der Waals surface area contributed by atoms with E-state index in [1.54, 1.807) is 11.7 Å². The fourth-order valence-corrected chi connectivity index (χ4v) is 2.38. The molecule has 2 aromatic heterocycles. The van der Waals surface area contributed by atoms with Gasteiger partial charge in [0.25, 0.3) is 5.91 Å². The molecule has 6 heteroatoms. The number of nitrogens with one attached hydrogen (secondary N) is 1. The lowest BCUT2D eigenvalue weighted by Gasteiger charge is -2.08. The average molecular weight is 303 g/mol. The molecule has 120 valence electrons. The van der Waals surface area contributed by atoms with Gasteiger partial charge in [-0.15, -0.1) is 0 Å². The van der Waals surface area contributed by atoms with Crippen LogP contribution in [0.15, 0.2) is 18.5 Å². The van der Waals surface area contributed by atoms with Gasteiger partial charge in [0, 0.05) is 39.0 Å². The van der Waals surface area contributed by atoms with Crippen molar-refractivity contribution in [3.8, 4) is 0 Å². The minimum absolute atomic E-state index is 0.0664. The van der Waals surface area contributed by atoms with Gasteiger partial charge in [0.1, 0.15) is 11.5 Å². The van der Waals surface area contributed by atoms with E-state index in [1.165, 1.54) is 0 Å². The molecule has 1 N–H and O–H groups in total. The second-order valence-electron chi connectivity index (χ2n) is 5.73. The van der Waals surface area contributed by atoms with Crippen LogP contribution in [0.2, 0.25) is 0 Å². The standard InChI is InChI=1S/C16H25N5O/c1-5-15-17-8-10-21(15)9-6-7-18-16(22)14-11-13(12(2)3)19-20(14)4/h8,10-12H,5-7,9H2,1-4H3,(H,18,22). The van der Waals surface area contributed by atoms with Crippen molar-refractivity contribution >= 4 is 5.91 Å². The number of amides is 1. The van der Waals surface area contributed by atoms with Crippen LogP contribution < -0.4 is 5.32 Å². The maximum Gasteiger partial charge on any atom is 0.269 e. The molecule has 22 heavy (non-hydrogen) atoms. The van der Waals surface area contributed by atoms with E-state index in [1.807, 2.05) is 18.5 Å². The third kappa shape index (κ3) is 3.75. The van der Waals surface area contributed by atoms with E-state index in [4.69, 9.17) is 0 Å². The molecule has 2 rings (SSSR count). The quantitative estimate of drug-likeness (QED) is 0.797. The second-order valence-corrected chi connectivity index (χ2v) is 5.73. The van der Waals surface area contributed by atoms with Crippen LogP contribution in [0.4, 0.5) is 0 Å². The normalized spacial score (nSPS) is 11.1. The lowest BCUT2D eigenvalue weighted by Crippen LogP contribution is -2.27. The smallest absolute Gasteiger partial charge is 0.269 e. The number of carbonyl (C=O) groups excluding carboxylic acids is 1. The fraction of sp³-hybridized carbons (Fsp3) is 0.562. The van der Waals surface area contributed by atoms with Gasteiger partial charge in [-0.25, -0.2) is 4.98 Å². The summed E-state index contributed by atoms with van der Waals surface area (Å²) in [5.74, 6) is 1.34. The molecule has 0 saturated carbocycles. The van der Waals surface area contributed by atoms with E-state index in [2.05, 4.69) is 40.7 Å². The zero-order valence-corrected chi connectivity index (χ0v) is 13.8. The lowest BCUT2D eigenvalue weighted by atomic mass is 10.1. The van der Waals surface area contributed by atoms with E-state index >= 15 is 0 Å². The first-order valence-corrected chi connectivity index (χ1v) is 7.85. The molecular weight excluding hydrogens is 278 g/mol. The second kappa shape index (κ2) is 7.24. The summed E-state index contributed by atoms with van der Waals surface area (Å²) >= 11 is 0. The van der Waals surface area contributed by atoms with Gasteiger partial charge in [-0.05, 0) is 18.4 Å². The summed E-state index contributed by atoms with van der Waals surface area (Å²) in [6, 6.07) is 1.87. The van der Waals surface area contributed by atoms with Gasteiger partial charge in [0.05, 0.1) is 5.69 Å². The maximum absolute atomic E-state index is 12.2. The van der Waals surface area contributed by atoms with Crippen LogP contribution in [-0.4, -0.2) is 31.8 Å². The van der Waals surface area contributed by atoms with Gasteiger partial charge in [-0.1, -0.05) is 20.8 Å². The molecule has 0 saturated heterocycles. The summed E-state index contributed by atoms with van der Waals surface area (Å²) in [5.41, 5.74) is 1.55. The van der Waals surface area contributed by atoms with Crippen molar-refractivity contribution in [1.29, 1.82) is 0 Å². The van der Waals surface area contributed by atoms with E-state index in [0.717, 1.165) is 30.9 Å². The Hall–Kier alpha value is -2.11. The highest BCUT2D eigenvalue weighted by Crippen LogP contribution is 2.13. The van der Waals surface area contributed by atoms with Gasteiger partial charge >= 0.3 is 0 Å². The van der Waals surface area contributed by atoms with Crippen molar-refractivity contribution in [2.45, 2.75) is 46.1 Å². The molecule has 0 bridgehead atoms. The molecule has 1 amide bonds. The summed E-state index contributed by atoms with van der Waals surface area (Å²) < 4.78 is 3.78. The molecular formula is C16H25N5O. The highest BCUT2D eigenvalue weighted by Gasteiger charge is 2.14. The van der Waals surface area contributed by atoms with Crippen molar-refractivity contribution in [3.05, 3.63) is 35.7 Å². The summed E-state index contributed by atoms with van der Waals surface area (Å²) in [5, 5.41) is 7.32. The van der Waals surface area contributed by atoms with Crippen LogP contribution in [0.25, 0.3) is 0 Å². The van der Waals surface area contributed by atoms with E-state index in [-0.39, 0.29) is 5.91 Å². The van der Waals surface area contributed by atoms with Crippen LogP contribution >= 0.6 is 0 Å².